The number of carbonyl (C=O) groups excluding carboxylic acids is 1. The summed E-state index contributed by atoms with van der Waals surface area (Å²) in [5.74, 6) is 1.05. The third kappa shape index (κ3) is 4.39. The Kier molecular flexibility index (Phi) is 6.39. The summed E-state index contributed by atoms with van der Waals surface area (Å²) in [6, 6.07) is 1.59. The van der Waals surface area contributed by atoms with E-state index in [0.29, 0.717) is 37.4 Å². The van der Waals surface area contributed by atoms with Crippen molar-refractivity contribution in [2.24, 2.45) is 5.41 Å². The molecule has 1 aromatic heterocycles. The lowest BCUT2D eigenvalue weighted by atomic mass is 9.80. The van der Waals surface area contributed by atoms with Gasteiger partial charge in [-0.15, -0.1) is 0 Å². The zero-order valence-corrected chi connectivity index (χ0v) is 19.5. The molecule has 1 amide bonds. The number of methoxy groups -OCH3 is 1. The number of pyridine rings is 1. The highest BCUT2D eigenvalue weighted by atomic mass is 32.2. The first kappa shape index (κ1) is 23.4. The number of rotatable bonds is 4. The molecule has 1 N–H and O–H groups in total. The normalized spacial score (nSPS) is 34.2. The fourth-order valence-electron chi connectivity index (χ4n) is 5.98. The molecule has 1 saturated carbocycles. The van der Waals surface area contributed by atoms with Crippen molar-refractivity contribution >= 4 is 17.7 Å². The summed E-state index contributed by atoms with van der Waals surface area (Å²) < 4.78 is 50.6. The molecule has 5 atom stereocenters. The van der Waals surface area contributed by atoms with E-state index in [2.05, 4.69) is 10.3 Å². The van der Waals surface area contributed by atoms with Gasteiger partial charge in [0.15, 0.2) is 0 Å². The van der Waals surface area contributed by atoms with Crippen LogP contribution in [0.5, 0.6) is 0 Å². The van der Waals surface area contributed by atoms with Crippen molar-refractivity contribution in [3.8, 4) is 0 Å². The van der Waals surface area contributed by atoms with Gasteiger partial charge in [-0.25, -0.2) is 0 Å². The van der Waals surface area contributed by atoms with Crippen LogP contribution in [0.1, 0.15) is 42.5 Å². The fourth-order valence-corrected chi connectivity index (χ4v) is 7.75. The predicted molar refractivity (Wildman–Crippen MR) is 118 cm³/mol. The van der Waals surface area contributed by atoms with Crippen LogP contribution in [0.2, 0.25) is 0 Å². The lowest BCUT2D eigenvalue weighted by Gasteiger charge is -2.37. The van der Waals surface area contributed by atoms with Crippen molar-refractivity contribution in [2.75, 3.05) is 32.6 Å². The predicted octanol–water partition coefficient (Wildman–Crippen LogP) is 3.03. The summed E-state index contributed by atoms with van der Waals surface area (Å²) in [5, 5.41) is 3.99. The van der Waals surface area contributed by atoms with Crippen LogP contribution in [0.25, 0.3) is 0 Å². The van der Waals surface area contributed by atoms with Crippen molar-refractivity contribution in [1.29, 1.82) is 0 Å². The lowest BCUT2D eigenvalue weighted by molar-refractivity contribution is -0.142. The SMILES string of the molecule is COC1COCCC1NC1C[C@H]2SCC[C@@]2(C(=O)N2CCc3ncc(C(F)(F)F)cc3C2)C1. The van der Waals surface area contributed by atoms with Gasteiger partial charge in [0.05, 0.1) is 23.7 Å². The first-order valence-electron chi connectivity index (χ1n) is 11.6. The summed E-state index contributed by atoms with van der Waals surface area (Å²) in [7, 11) is 1.70. The quantitative estimate of drug-likeness (QED) is 0.708. The number of aromatic nitrogens is 1. The number of hydrogen-bond donors (Lipinski definition) is 1. The number of carbonyl (C=O) groups is 1. The van der Waals surface area contributed by atoms with Crippen LogP contribution in [0.15, 0.2) is 12.3 Å². The number of halogens is 3. The van der Waals surface area contributed by atoms with Gasteiger partial charge in [-0.2, -0.15) is 24.9 Å². The minimum atomic E-state index is -4.44. The molecule has 2 saturated heterocycles. The topological polar surface area (TPSA) is 63.7 Å². The number of thioether (sulfide) groups is 1. The average Bonchev–Trinajstić information content (AvgIpc) is 3.35. The molecule has 33 heavy (non-hydrogen) atoms. The molecule has 0 aromatic carbocycles. The summed E-state index contributed by atoms with van der Waals surface area (Å²) in [6.07, 6.45) is 0.357. The largest absolute Gasteiger partial charge is 0.417 e. The molecular formula is C23H30F3N3O3S. The minimum Gasteiger partial charge on any atom is -0.379 e. The van der Waals surface area contributed by atoms with Crippen molar-refractivity contribution < 1.29 is 27.4 Å². The first-order valence-corrected chi connectivity index (χ1v) is 12.7. The van der Waals surface area contributed by atoms with Gasteiger partial charge in [0.1, 0.15) is 0 Å². The van der Waals surface area contributed by atoms with Crippen LogP contribution in [-0.4, -0.2) is 71.8 Å². The number of amides is 1. The molecular weight excluding hydrogens is 455 g/mol. The van der Waals surface area contributed by atoms with E-state index >= 15 is 0 Å². The van der Waals surface area contributed by atoms with E-state index in [4.69, 9.17) is 9.47 Å². The van der Waals surface area contributed by atoms with Crippen LogP contribution in [0, 0.1) is 5.41 Å². The molecule has 3 fully saturated rings. The van der Waals surface area contributed by atoms with Gasteiger partial charge in [-0.3, -0.25) is 9.78 Å². The van der Waals surface area contributed by atoms with Crippen molar-refractivity contribution in [3.63, 3.8) is 0 Å². The van der Waals surface area contributed by atoms with Gasteiger partial charge in [-0.1, -0.05) is 0 Å². The van der Waals surface area contributed by atoms with E-state index in [1.54, 1.807) is 12.0 Å². The van der Waals surface area contributed by atoms with E-state index < -0.39 is 17.2 Å². The molecule has 0 radical (unpaired) electrons. The second-order valence-electron chi connectivity index (χ2n) is 9.62. The van der Waals surface area contributed by atoms with Crippen LogP contribution in [0.4, 0.5) is 13.2 Å². The number of fused-ring (bicyclic) bond motifs is 2. The van der Waals surface area contributed by atoms with Crippen LogP contribution in [0.3, 0.4) is 0 Å². The summed E-state index contributed by atoms with van der Waals surface area (Å²) in [6.45, 7) is 1.99. The molecule has 0 spiro atoms. The number of nitrogens with zero attached hydrogens (tertiary/aromatic N) is 2. The molecule has 4 aliphatic rings. The molecule has 3 aliphatic heterocycles. The highest BCUT2D eigenvalue weighted by molar-refractivity contribution is 8.00. The summed E-state index contributed by atoms with van der Waals surface area (Å²) in [4.78, 5) is 19.7. The van der Waals surface area contributed by atoms with E-state index in [-0.39, 0.29) is 35.9 Å². The number of alkyl halides is 3. The standard InChI is InChI=1S/C23H30F3N3O3S/c1-31-19-13-32-6-3-18(19)28-16-9-20-22(10-16,4-7-33-20)21(30)29-5-2-17-14(12-29)8-15(11-27-17)23(24,25)26/h8,11,16,18-20,28H,2-7,9-10,12-13H2,1H3/t16?,18?,19?,20-,22-/m1/s1. The molecule has 10 heteroatoms. The smallest absolute Gasteiger partial charge is 0.379 e. The highest BCUT2D eigenvalue weighted by Gasteiger charge is 2.57. The molecule has 5 rings (SSSR count). The Morgan fingerprint density at radius 1 is 1.42 bits per heavy atom. The number of hydrogen-bond acceptors (Lipinski definition) is 6. The Hall–Kier alpha value is -1.36. The third-order valence-corrected chi connectivity index (χ3v) is 9.22. The first-order chi connectivity index (χ1) is 15.8. The number of ether oxygens (including phenoxy) is 2. The summed E-state index contributed by atoms with van der Waals surface area (Å²) >= 11 is 1.86. The van der Waals surface area contributed by atoms with E-state index in [1.165, 1.54) is 0 Å². The summed E-state index contributed by atoms with van der Waals surface area (Å²) in [5.41, 5.74) is -0.0149. The second-order valence-corrected chi connectivity index (χ2v) is 10.9. The van der Waals surface area contributed by atoms with Gasteiger partial charge in [0, 0.05) is 62.5 Å². The van der Waals surface area contributed by atoms with Crippen molar-refractivity contribution in [1.82, 2.24) is 15.2 Å². The number of nitrogens with one attached hydrogen (secondary N) is 1. The zero-order valence-electron chi connectivity index (χ0n) is 18.7. The van der Waals surface area contributed by atoms with Gasteiger partial charge in [-0.05, 0) is 43.1 Å². The highest BCUT2D eigenvalue weighted by Crippen LogP contribution is 2.55. The second kappa shape index (κ2) is 9.02. The van der Waals surface area contributed by atoms with Crippen molar-refractivity contribution in [2.45, 2.75) is 68.3 Å². The molecule has 3 unspecified atom stereocenters. The zero-order chi connectivity index (χ0) is 23.2. The Bertz CT molecular complexity index is 901. The van der Waals surface area contributed by atoms with E-state index in [9.17, 15) is 18.0 Å². The van der Waals surface area contributed by atoms with E-state index in [0.717, 1.165) is 43.7 Å². The van der Waals surface area contributed by atoms with Gasteiger partial charge >= 0.3 is 6.18 Å². The molecule has 1 aromatic rings. The van der Waals surface area contributed by atoms with Gasteiger partial charge in [0.25, 0.3) is 0 Å². The fraction of sp³-hybridized carbons (Fsp3) is 0.739. The van der Waals surface area contributed by atoms with Crippen LogP contribution >= 0.6 is 11.8 Å². The molecule has 0 bridgehead atoms. The Morgan fingerprint density at radius 2 is 2.27 bits per heavy atom. The maximum Gasteiger partial charge on any atom is 0.417 e. The van der Waals surface area contributed by atoms with E-state index in [1.807, 2.05) is 11.8 Å². The maximum atomic E-state index is 13.9. The Morgan fingerprint density at radius 3 is 3.06 bits per heavy atom. The lowest BCUT2D eigenvalue weighted by Crippen LogP contribution is -2.51. The molecule has 4 heterocycles. The molecule has 6 nitrogen and oxygen atoms in total. The molecule has 1 aliphatic carbocycles. The maximum absolute atomic E-state index is 13.9. The Labute approximate surface area is 196 Å². The molecule has 182 valence electrons. The van der Waals surface area contributed by atoms with Gasteiger partial charge < -0.3 is 19.7 Å². The van der Waals surface area contributed by atoms with Crippen LogP contribution in [-0.2, 0) is 33.4 Å². The minimum absolute atomic E-state index is 0.00687. The van der Waals surface area contributed by atoms with Gasteiger partial charge in [0.2, 0.25) is 5.91 Å². The monoisotopic (exact) mass is 485 g/mol. The third-order valence-electron chi connectivity index (χ3n) is 7.73. The van der Waals surface area contributed by atoms with Crippen molar-refractivity contribution in [3.05, 3.63) is 29.1 Å². The van der Waals surface area contributed by atoms with Crippen LogP contribution < -0.4 is 5.32 Å². The average molecular weight is 486 g/mol. The Balaban J connectivity index is 1.31.